The zero-order valence-corrected chi connectivity index (χ0v) is 12.7. The van der Waals surface area contributed by atoms with E-state index in [1.807, 2.05) is 0 Å². The lowest BCUT2D eigenvalue weighted by Crippen LogP contribution is -2.57. The Kier molecular flexibility index (Phi) is 4.68. The Bertz CT molecular complexity index is 256. The van der Waals surface area contributed by atoms with Crippen molar-refractivity contribution in [2.24, 2.45) is 0 Å². The molecule has 3 nitrogen and oxygen atoms in total. The molecule has 1 saturated carbocycles. The maximum absolute atomic E-state index is 3.64. The fourth-order valence-corrected chi connectivity index (χ4v) is 3.93. The maximum Gasteiger partial charge on any atom is 0.0355 e. The van der Waals surface area contributed by atoms with Crippen LogP contribution in [0.25, 0.3) is 0 Å². The summed E-state index contributed by atoms with van der Waals surface area (Å²) in [5.41, 5.74) is 0.346. The highest BCUT2D eigenvalue weighted by molar-refractivity contribution is 4.97. The van der Waals surface area contributed by atoms with Crippen LogP contribution in [0.15, 0.2) is 0 Å². The number of hydrogen-bond donors (Lipinski definition) is 1. The first-order chi connectivity index (χ1) is 8.50. The van der Waals surface area contributed by atoms with Gasteiger partial charge in [-0.3, -0.25) is 4.90 Å². The van der Waals surface area contributed by atoms with Crippen molar-refractivity contribution in [3.63, 3.8) is 0 Å². The van der Waals surface area contributed by atoms with Crippen molar-refractivity contribution in [3.8, 4) is 0 Å². The lowest BCUT2D eigenvalue weighted by atomic mass is 9.93. The molecule has 0 aromatic rings. The van der Waals surface area contributed by atoms with Gasteiger partial charge in [-0.15, -0.1) is 0 Å². The van der Waals surface area contributed by atoms with Crippen LogP contribution in [0.1, 0.15) is 46.0 Å². The Balaban J connectivity index is 2.16. The molecule has 3 heteroatoms. The highest BCUT2D eigenvalue weighted by Crippen LogP contribution is 2.33. The van der Waals surface area contributed by atoms with Crippen molar-refractivity contribution in [1.82, 2.24) is 15.1 Å². The molecule has 0 aromatic heterocycles. The van der Waals surface area contributed by atoms with Gasteiger partial charge in [0.05, 0.1) is 0 Å². The molecule has 1 saturated heterocycles. The molecule has 2 fully saturated rings. The molecule has 2 rings (SSSR count). The Labute approximate surface area is 113 Å². The fraction of sp³-hybridized carbons (Fsp3) is 1.00. The second-order valence-corrected chi connectivity index (χ2v) is 7.03. The lowest BCUT2D eigenvalue weighted by molar-refractivity contribution is 0.0225. The third-order valence-electron chi connectivity index (χ3n) is 4.68. The van der Waals surface area contributed by atoms with E-state index in [1.165, 1.54) is 45.2 Å². The molecule has 18 heavy (non-hydrogen) atoms. The molecule has 2 aliphatic rings. The van der Waals surface area contributed by atoms with Gasteiger partial charge < -0.3 is 10.2 Å². The number of rotatable bonds is 3. The zero-order chi connectivity index (χ0) is 13.2. The van der Waals surface area contributed by atoms with Crippen molar-refractivity contribution >= 4 is 0 Å². The molecule has 106 valence electrons. The molecule has 1 N–H and O–H groups in total. The van der Waals surface area contributed by atoms with E-state index in [0.29, 0.717) is 11.6 Å². The summed E-state index contributed by atoms with van der Waals surface area (Å²) in [6.07, 6.45) is 6.95. The molecule has 1 unspecified atom stereocenters. The van der Waals surface area contributed by atoms with Crippen LogP contribution in [0.4, 0.5) is 0 Å². The first-order valence-corrected chi connectivity index (χ1v) is 7.64. The summed E-state index contributed by atoms with van der Waals surface area (Å²) in [6.45, 7) is 8.38. The van der Waals surface area contributed by atoms with E-state index in [2.05, 4.69) is 43.1 Å². The average Bonchev–Trinajstić information content (AvgIpc) is 2.72. The predicted molar refractivity (Wildman–Crippen MR) is 78.0 cm³/mol. The molecule has 0 spiro atoms. The molecule has 1 aliphatic heterocycles. The quantitative estimate of drug-likeness (QED) is 0.829. The molecule has 0 amide bonds. The van der Waals surface area contributed by atoms with Crippen LogP contribution in [0.2, 0.25) is 0 Å². The smallest absolute Gasteiger partial charge is 0.0355 e. The van der Waals surface area contributed by atoms with Crippen molar-refractivity contribution < 1.29 is 0 Å². The SMILES string of the molecule is CN(C)CC1CNCCC(C)(C)N1C1CCCC1. The second kappa shape index (κ2) is 5.89. The Morgan fingerprint density at radius 2 is 1.89 bits per heavy atom. The van der Waals surface area contributed by atoms with E-state index >= 15 is 0 Å². The summed E-state index contributed by atoms with van der Waals surface area (Å²) in [5.74, 6) is 0. The molecular formula is C15H31N3. The van der Waals surface area contributed by atoms with Gasteiger partial charge in [0.1, 0.15) is 0 Å². The third-order valence-corrected chi connectivity index (χ3v) is 4.68. The van der Waals surface area contributed by atoms with Crippen LogP contribution in [0.5, 0.6) is 0 Å². The predicted octanol–water partition coefficient (Wildman–Crippen LogP) is 1.93. The van der Waals surface area contributed by atoms with Gasteiger partial charge in [0.2, 0.25) is 0 Å². The molecule has 1 heterocycles. The average molecular weight is 253 g/mol. The summed E-state index contributed by atoms with van der Waals surface area (Å²) < 4.78 is 0. The van der Waals surface area contributed by atoms with Crippen molar-refractivity contribution in [2.75, 3.05) is 33.7 Å². The van der Waals surface area contributed by atoms with Gasteiger partial charge in [-0.05, 0) is 53.8 Å². The van der Waals surface area contributed by atoms with E-state index in [-0.39, 0.29) is 0 Å². The third kappa shape index (κ3) is 3.25. The van der Waals surface area contributed by atoms with Crippen molar-refractivity contribution in [1.29, 1.82) is 0 Å². The molecule has 1 atom stereocenters. The van der Waals surface area contributed by atoms with E-state index in [0.717, 1.165) is 12.6 Å². The number of hydrogen-bond acceptors (Lipinski definition) is 3. The van der Waals surface area contributed by atoms with Crippen LogP contribution in [-0.2, 0) is 0 Å². The molecular weight excluding hydrogens is 222 g/mol. The van der Waals surface area contributed by atoms with Gasteiger partial charge in [-0.25, -0.2) is 0 Å². The van der Waals surface area contributed by atoms with Crippen LogP contribution in [-0.4, -0.2) is 61.2 Å². The molecule has 0 radical (unpaired) electrons. The molecule has 0 bridgehead atoms. The summed E-state index contributed by atoms with van der Waals surface area (Å²) in [5, 5.41) is 3.64. The first kappa shape index (κ1) is 14.3. The minimum atomic E-state index is 0.346. The lowest BCUT2D eigenvalue weighted by Gasteiger charge is -2.46. The number of nitrogens with one attached hydrogen (secondary N) is 1. The van der Waals surface area contributed by atoms with Gasteiger partial charge in [0, 0.05) is 30.7 Å². The van der Waals surface area contributed by atoms with Gasteiger partial charge in [-0.1, -0.05) is 12.8 Å². The first-order valence-electron chi connectivity index (χ1n) is 7.64. The maximum atomic E-state index is 3.64. The van der Waals surface area contributed by atoms with Gasteiger partial charge in [0.25, 0.3) is 0 Å². The van der Waals surface area contributed by atoms with Crippen molar-refractivity contribution in [3.05, 3.63) is 0 Å². The fourth-order valence-electron chi connectivity index (χ4n) is 3.93. The highest BCUT2D eigenvalue weighted by Gasteiger charge is 2.39. The van der Waals surface area contributed by atoms with Crippen LogP contribution in [0, 0.1) is 0 Å². The summed E-state index contributed by atoms with van der Waals surface area (Å²) in [6, 6.07) is 1.49. The van der Waals surface area contributed by atoms with Crippen LogP contribution < -0.4 is 5.32 Å². The standard InChI is InChI=1S/C15H31N3/c1-15(2)9-10-16-11-14(12-17(3)4)18(15)13-7-5-6-8-13/h13-14,16H,5-12H2,1-4H3. The van der Waals surface area contributed by atoms with E-state index < -0.39 is 0 Å². The largest absolute Gasteiger partial charge is 0.315 e. The Morgan fingerprint density at radius 3 is 2.50 bits per heavy atom. The van der Waals surface area contributed by atoms with Crippen molar-refractivity contribution in [2.45, 2.75) is 63.6 Å². The summed E-state index contributed by atoms with van der Waals surface area (Å²) >= 11 is 0. The number of likely N-dealkylation sites (N-methyl/N-ethyl adjacent to an activating group) is 1. The van der Waals surface area contributed by atoms with E-state index in [9.17, 15) is 0 Å². The second-order valence-electron chi connectivity index (χ2n) is 7.03. The van der Waals surface area contributed by atoms with Crippen LogP contribution in [0.3, 0.4) is 0 Å². The highest BCUT2D eigenvalue weighted by atomic mass is 15.3. The Morgan fingerprint density at radius 1 is 1.22 bits per heavy atom. The van der Waals surface area contributed by atoms with Gasteiger partial charge in [-0.2, -0.15) is 0 Å². The monoisotopic (exact) mass is 253 g/mol. The van der Waals surface area contributed by atoms with Gasteiger partial charge in [0.15, 0.2) is 0 Å². The molecule has 1 aliphatic carbocycles. The van der Waals surface area contributed by atoms with E-state index in [1.54, 1.807) is 0 Å². The van der Waals surface area contributed by atoms with E-state index in [4.69, 9.17) is 0 Å². The summed E-state index contributed by atoms with van der Waals surface area (Å²) in [4.78, 5) is 5.20. The van der Waals surface area contributed by atoms with Gasteiger partial charge >= 0.3 is 0 Å². The Hall–Kier alpha value is -0.120. The number of nitrogens with zero attached hydrogens (tertiary/aromatic N) is 2. The minimum absolute atomic E-state index is 0.346. The van der Waals surface area contributed by atoms with Crippen LogP contribution >= 0.6 is 0 Å². The zero-order valence-electron chi connectivity index (χ0n) is 12.7. The molecule has 0 aromatic carbocycles. The normalized spacial score (nSPS) is 30.8. The minimum Gasteiger partial charge on any atom is -0.315 e. The topological polar surface area (TPSA) is 18.5 Å². The summed E-state index contributed by atoms with van der Waals surface area (Å²) in [7, 11) is 4.40.